The molecule has 1 aromatic carbocycles. The Hall–Kier alpha value is -2.36. The molecule has 10 heteroatoms. The first-order valence-corrected chi connectivity index (χ1v) is 5.62. The van der Waals surface area contributed by atoms with Gasteiger partial charge in [0.2, 0.25) is 5.91 Å². The van der Waals surface area contributed by atoms with Gasteiger partial charge < -0.3 is 15.4 Å². The van der Waals surface area contributed by atoms with E-state index in [0.717, 1.165) is 12.1 Å². The summed E-state index contributed by atoms with van der Waals surface area (Å²) in [7, 11) is 1.25. The molecule has 1 amide bonds. The van der Waals surface area contributed by atoms with Crippen molar-refractivity contribution >= 4 is 17.3 Å². The van der Waals surface area contributed by atoms with Crippen LogP contribution in [-0.2, 0) is 4.79 Å². The van der Waals surface area contributed by atoms with E-state index in [2.05, 4.69) is 5.32 Å². The number of methoxy groups -OCH3 is 1. The van der Waals surface area contributed by atoms with Gasteiger partial charge in [-0.3, -0.25) is 14.9 Å². The molecule has 0 heterocycles. The Balaban J connectivity index is 2.65. The molecule has 0 aromatic heterocycles. The van der Waals surface area contributed by atoms with Crippen LogP contribution in [0.2, 0.25) is 0 Å². The predicted molar refractivity (Wildman–Crippen MR) is 67.2 cm³/mol. The molecule has 7 nitrogen and oxygen atoms in total. The zero-order valence-corrected chi connectivity index (χ0v) is 10.9. The van der Waals surface area contributed by atoms with Crippen LogP contribution in [-0.4, -0.2) is 37.2 Å². The molecule has 0 spiro atoms. The van der Waals surface area contributed by atoms with Crippen molar-refractivity contribution in [2.24, 2.45) is 0 Å². The van der Waals surface area contributed by atoms with E-state index < -0.39 is 30.1 Å². The Bertz CT molecular complexity index is 534. The Kier molecular flexibility index (Phi) is 5.47. The number of carbonyl (C=O) groups excluding carboxylic acids is 1. The molecule has 0 bridgehead atoms. The van der Waals surface area contributed by atoms with E-state index in [4.69, 9.17) is 4.74 Å². The van der Waals surface area contributed by atoms with E-state index >= 15 is 0 Å². The first kappa shape index (κ1) is 16.7. The number of carbonyl (C=O) groups is 1. The lowest BCUT2D eigenvalue weighted by molar-refractivity contribution is -0.384. The topological polar surface area (TPSA) is 93.5 Å². The summed E-state index contributed by atoms with van der Waals surface area (Å²) in [4.78, 5) is 21.4. The van der Waals surface area contributed by atoms with Gasteiger partial charge in [0.05, 0.1) is 36.9 Å². The summed E-state index contributed by atoms with van der Waals surface area (Å²) >= 11 is 0. The fourth-order valence-corrected chi connectivity index (χ4v) is 1.41. The second kappa shape index (κ2) is 6.88. The number of anilines is 1. The average Bonchev–Trinajstić information content (AvgIpc) is 2.37. The average molecular weight is 307 g/mol. The maximum absolute atomic E-state index is 11.9. The van der Waals surface area contributed by atoms with Gasteiger partial charge in [0.15, 0.2) is 0 Å². The van der Waals surface area contributed by atoms with Crippen LogP contribution in [0.1, 0.15) is 0 Å². The number of halogens is 3. The third-order valence-corrected chi connectivity index (χ3v) is 2.28. The maximum atomic E-state index is 11.9. The molecule has 2 N–H and O–H groups in total. The van der Waals surface area contributed by atoms with Crippen molar-refractivity contribution in [3.63, 3.8) is 0 Å². The molecule has 0 unspecified atom stereocenters. The van der Waals surface area contributed by atoms with Crippen molar-refractivity contribution in [1.82, 2.24) is 5.32 Å². The van der Waals surface area contributed by atoms with E-state index in [1.54, 1.807) is 0 Å². The standard InChI is InChI=1S/C11H12F3N3O4/c1-21-9-4-7(17(19)20)2-3-8(9)16-10(18)5-15-6-11(12,13)14/h2-4,15H,5-6H2,1H3,(H,16,18). The van der Waals surface area contributed by atoms with Crippen LogP contribution in [0, 0.1) is 10.1 Å². The Morgan fingerprint density at radius 2 is 2.10 bits per heavy atom. The Morgan fingerprint density at radius 3 is 2.62 bits per heavy atom. The second-order valence-electron chi connectivity index (χ2n) is 3.91. The summed E-state index contributed by atoms with van der Waals surface area (Å²) in [5.41, 5.74) is -0.109. The highest BCUT2D eigenvalue weighted by molar-refractivity contribution is 5.93. The van der Waals surface area contributed by atoms with Gasteiger partial charge in [-0.25, -0.2) is 0 Å². The minimum Gasteiger partial charge on any atom is -0.494 e. The number of amides is 1. The third-order valence-electron chi connectivity index (χ3n) is 2.28. The molecule has 0 fully saturated rings. The van der Waals surface area contributed by atoms with Crippen molar-refractivity contribution in [1.29, 1.82) is 0 Å². The van der Waals surface area contributed by atoms with Crippen LogP contribution in [0.5, 0.6) is 5.75 Å². The lowest BCUT2D eigenvalue weighted by Gasteiger charge is -2.11. The van der Waals surface area contributed by atoms with E-state index in [9.17, 15) is 28.1 Å². The van der Waals surface area contributed by atoms with Crippen molar-refractivity contribution in [3.8, 4) is 5.75 Å². The fourth-order valence-electron chi connectivity index (χ4n) is 1.41. The number of benzene rings is 1. The highest BCUT2D eigenvalue weighted by Gasteiger charge is 2.26. The van der Waals surface area contributed by atoms with E-state index in [1.165, 1.54) is 13.2 Å². The molecule has 21 heavy (non-hydrogen) atoms. The number of non-ortho nitro benzene ring substituents is 1. The molecular formula is C11H12F3N3O4. The van der Waals surface area contributed by atoms with Crippen LogP contribution in [0.15, 0.2) is 18.2 Å². The number of rotatable bonds is 6. The van der Waals surface area contributed by atoms with Gasteiger partial charge in [-0.1, -0.05) is 0 Å². The predicted octanol–water partition coefficient (Wildman–Crippen LogP) is 1.69. The lowest BCUT2D eigenvalue weighted by atomic mass is 10.2. The largest absolute Gasteiger partial charge is 0.494 e. The second-order valence-corrected chi connectivity index (χ2v) is 3.91. The van der Waals surface area contributed by atoms with Gasteiger partial charge in [0.1, 0.15) is 5.75 Å². The zero-order chi connectivity index (χ0) is 16.0. The lowest BCUT2D eigenvalue weighted by Crippen LogP contribution is -2.35. The number of nitro groups is 1. The van der Waals surface area contributed by atoms with Gasteiger partial charge in [-0.15, -0.1) is 0 Å². The Morgan fingerprint density at radius 1 is 1.43 bits per heavy atom. The summed E-state index contributed by atoms with van der Waals surface area (Å²) in [5.74, 6) is -0.695. The summed E-state index contributed by atoms with van der Waals surface area (Å²) in [6.45, 7) is -1.85. The summed E-state index contributed by atoms with van der Waals surface area (Å²) in [5, 5.41) is 14.8. The van der Waals surface area contributed by atoms with Crippen molar-refractivity contribution in [3.05, 3.63) is 28.3 Å². The molecule has 0 aliphatic heterocycles. The number of nitrogens with zero attached hydrogens (tertiary/aromatic N) is 1. The van der Waals surface area contributed by atoms with E-state index in [0.29, 0.717) is 0 Å². The van der Waals surface area contributed by atoms with E-state index in [-0.39, 0.29) is 17.1 Å². The van der Waals surface area contributed by atoms with E-state index in [1.807, 2.05) is 5.32 Å². The summed E-state index contributed by atoms with van der Waals surface area (Å²) in [6, 6.07) is 3.47. The summed E-state index contributed by atoms with van der Waals surface area (Å²) in [6.07, 6.45) is -4.41. The Labute approximate surface area is 117 Å². The molecule has 1 rings (SSSR count). The number of hydrogen-bond donors (Lipinski definition) is 2. The number of alkyl halides is 3. The molecule has 116 valence electrons. The smallest absolute Gasteiger partial charge is 0.401 e. The molecule has 1 aromatic rings. The van der Waals surface area contributed by atoms with Crippen LogP contribution >= 0.6 is 0 Å². The monoisotopic (exact) mass is 307 g/mol. The zero-order valence-electron chi connectivity index (χ0n) is 10.9. The quantitative estimate of drug-likeness (QED) is 0.616. The van der Waals surface area contributed by atoms with Crippen LogP contribution in [0.3, 0.4) is 0 Å². The van der Waals surface area contributed by atoms with Crippen LogP contribution in [0.25, 0.3) is 0 Å². The molecule has 0 aliphatic carbocycles. The van der Waals surface area contributed by atoms with Crippen LogP contribution in [0.4, 0.5) is 24.5 Å². The van der Waals surface area contributed by atoms with Crippen molar-refractivity contribution in [2.45, 2.75) is 6.18 Å². The van der Waals surface area contributed by atoms with Gasteiger partial charge in [-0.2, -0.15) is 13.2 Å². The minimum atomic E-state index is -4.41. The van der Waals surface area contributed by atoms with Crippen molar-refractivity contribution in [2.75, 3.05) is 25.5 Å². The van der Waals surface area contributed by atoms with Gasteiger partial charge in [0, 0.05) is 6.07 Å². The SMILES string of the molecule is COc1cc([N+](=O)[O-])ccc1NC(=O)CNCC(F)(F)F. The van der Waals surface area contributed by atoms with Gasteiger partial charge in [0.25, 0.3) is 5.69 Å². The van der Waals surface area contributed by atoms with Gasteiger partial charge in [-0.05, 0) is 6.07 Å². The highest BCUT2D eigenvalue weighted by atomic mass is 19.4. The maximum Gasteiger partial charge on any atom is 0.401 e. The molecule has 0 saturated heterocycles. The first-order chi connectivity index (χ1) is 9.73. The molecule has 0 saturated carbocycles. The fraction of sp³-hybridized carbons (Fsp3) is 0.364. The number of nitrogens with one attached hydrogen (secondary N) is 2. The molecule has 0 radical (unpaired) electrons. The normalized spacial score (nSPS) is 11.0. The molecule has 0 atom stereocenters. The number of hydrogen-bond acceptors (Lipinski definition) is 5. The highest BCUT2D eigenvalue weighted by Crippen LogP contribution is 2.28. The third kappa shape index (κ3) is 5.65. The minimum absolute atomic E-state index is 0.0355. The number of nitro benzene ring substituents is 1. The summed E-state index contributed by atoms with van der Waals surface area (Å²) < 4.78 is 40.6. The number of ether oxygens (including phenoxy) is 1. The van der Waals surface area contributed by atoms with Gasteiger partial charge >= 0.3 is 6.18 Å². The first-order valence-electron chi connectivity index (χ1n) is 5.62. The van der Waals surface area contributed by atoms with Crippen LogP contribution < -0.4 is 15.4 Å². The molecular weight excluding hydrogens is 295 g/mol. The van der Waals surface area contributed by atoms with Crippen molar-refractivity contribution < 1.29 is 27.6 Å². The molecule has 0 aliphatic rings.